The molecule has 1 radical (unpaired) electrons. The van der Waals surface area contributed by atoms with Crippen molar-refractivity contribution < 1.29 is 42.2 Å². The summed E-state index contributed by atoms with van der Waals surface area (Å²) in [6, 6.07) is 7.89. The molecule has 1 aromatic rings. The Kier molecular flexibility index (Phi) is 9.65. The average molecular weight is 309 g/mol. The van der Waals surface area contributed by atoms with Crippen LogP contribution in [0.2, 0.25) is 0 Å². The van der Waals surface area contributed by atoms with E-state index in [0.717, 1.165) is 11.1 Å². The third-order valence-corrected chi connectivity index (χ3v) is 2.09. The standard InChI is InChI=1S/C13H18NO2.Y/c1-4-15-13(16-5-2)12-8-6-11(7-9-12)10-14-3;/h6-10,13H,3-5H2,1-2H3;/q-1;. The third kappa shape index (κ3) is 5.78. The zero-order valence-corrected chi connectivity index (χ0v) is 13.3. The molecule has 1 rings (SSSR count). The molecule has 0 N–H and O–H groups in total. The Bertz CT molecular complexity index is 319. The molecule has 0 aromatic heterocycles. The van der Waals surface area contributed by atoms with Crippen molar-refractivity contribution in [2.24, 2.45) is 4.99 Å². The van der Waals surface area contributed by atoms with E-state index < -0.39 is 0 Å². The van der Waals surface area contributed by atoms with Crippen LogP contribution in [0.15, 0.2) is 29.3 Å². The van der Waals surface area contributed by atoms with Crippen molar-refractivity contribution in [1.29, 1.82) is 0 Å². The predicted molar refractivity (Wildman–Crippen MR) is 65.4 cm³/mol. The number of hydrogen-bond acceptors (Lipinski definition) is 3. The van der Waals surface area contributed by atoms with E-state index in [0.29, 0.717) is 13.2 Å². The first kappa shape index (κ1) is 16.8. The van der Waals surface area contributed by atoms with E-state index in [2.05, 4.69) is 12.0 Å². The summed E-state index contributed by atoms with van der Waals surface area (Å²) in [5, 5.41) is 0. The first-order valence-corrected chi connectivity index (χ1v) is 5.44. The molecular formula is C13H18NO2Y-. The van der Waals surface area contributed by atoms with Crippen molar-refractivity contribution in [2.75, 3.05) is 13.2 Å². The summed E-state index contributed by atoms with van der Waals surface area (Å²) in [6.45, 7) is 5.17. The molecule has 0 atom stereocenters. The Morgan fingerprint density at radius 1 is 1.18 bits per heavy atom. The van der Waals surface area contributed by atoms with Crippen LogP contribution in [0.25, 0.3) is 0 Å². The third-order valence-electron chi connectivity index (χ3n) is 2.09. The van der Waals surface area contributed by atoms with Gasteiger partial charge in [0, 0.05) is 51.5 Å². The fourth-order valence-corrected chi connectivity index (χ4v) is 1.39. The summed E-state index contributed by atoms with van der Waals surface area (Å²) in [7, 11) is 3.42. The van der Waals surface area contributed by atoms with Crippen molar-refractivity contribution in [2.45, 2.75) is 20.1 Å². The fraction of sp³-hybridized carbons (Fsp3) is 0.385. The van der Waals surface area contributed by atoms with Crippen molar-refractivity contribution >= 4 is 6.21 Å². The maximum Gasteiger partial charge on any atom is 0.183 e. The van der Waals surface area contributed by atoms with Crippen LogP contribution < -0.4 is 0 Å². The molecule has 17 heavy (non-hydrogen) atoms. The van der Waals surface area contributed by atoms with E-state index in [1.807, 2.05) is 38.1 Å². The predicted octanol–water partition coefficient (Wildman–Crippen LogP) is 2.97. The zero-order chi connectivity index (χ0) is 11.8. The van der Waals surface area contributed by atoms with Crippen LogP contribution in [0.4, 0.5) is 0 Å². The number of nitrogens with zero attached hydrogens (tertiary/aromatic N) is 1. The fourth-order valence-electron chi connectivity index (χ4n) is 1.39. The number of ether oxygens (including phenoxy) is 2. The summed E-state index contributed by atoms with van der Waals surface area (Å²) in [4.78, 5) is 3.72. The zero-order valence-electron chi connectivity index (χ0n) is 10.4. The minimum absolute atomic E-state index is 0. The van der Waals surface area contributed by atoms with Gasteiger partial charge in [0.05, 0.1) is 0 Å². The van der Waals surface area contributed by atoms with Crippen LogP contribution in [0, 0.1) is 7.05 Å². The van der Waals surface area contributed by atoms with Gasteiger partial charge in [-0.15, -0.1) is 6.21 Å². The van der Waals surface area contributed by atoms with Crippen molar-refractivity contribution in [1.82, 2.24) is 0 Å². The molecule has 0 aliphatic carbocycles. The van der Waals surface area contributed by atoms with Gasteiger partial charge in [0.15, 0.2) is 6.29 Å². The molecule has 0 aliphatic heterocycles. The van der Waals surface area contributed by atoms with Gasteiger partial charge in [0.2, 0.25) is 0 Å². The number of benzene rings is 1. The summed E-state index contributed by atoms with van der Waals surface area (Å²) in [5.74, 6) is 0. The normalized spacial score (nSPS) is 10.8. The smallest absolute Gasteiger partial charge is 0.183 e. The maximum atomic E-state index is 5.50. The monoisotopic (exact) mass is 309 g/mol. The Balaban J connectivity index is 0.00000256. The van der Waals surface area contributed by atoms with Crippen LogP contribution in [-0.2, 0) is 42.2 Å². The number of hydrogen-bond donors (Lipinski definition) is 0. The van der Waals surface area contributed by atoms with E-state index in [1.165, 1.54) is 0 Å². The van der Waals surface area contributed by atoms with E-state index >= 15 is 0 Å². The molecule has 0 saturated heterocycles. The van der Waals surface area contributed by atoms with E-state index in [-0.39, 0.29) is 39.0 Å². The van der Waals surface area contributed by atoms with Gasteiger partial charge in [0.25, 0.3) is 0 Å². The molecule has 0 unspecified atom stereocenters. The second-order valence-electron chi connectivity index (χ2n) is 3.22. The van der Waals surface area contributed by atoms with E-state index in [1.54, 1.807) is 6.21 Å². The topological polar surface area (TPSA) is 30.8 Å². The molecule has 0 saturated carbocycles. The number of rotatable bonds is 6. The van der Waals surface area contributed by atoms with Crippen molar-refractivity contribution in [3.8, 4) is 0 Å². The summed E-state index contributed by atoms with van der Waals surface area (Å²) < 4.78 is 11.0. The van der Waals surface area contributed by atoms with Gasteiger partial charge in [-0.25, -0.2) is 0 Å². The first-order valence-electron chi connectivity index (χ1n) is 5.44. The molecule has 0 bridgehead atoms. The minimum Gasteiger partial charge on any atom is -0.456 e. The molecule has 4 heteroatoms. The Morgan fingerprint density at radius 3 is 2.12 bits per heavy atom. The van der Waals surface area contributed by atoms with Crippen molar-refractivity contribution in [3.63, 3.8) is 0 Å². The van der Waals surface area contributed by atoms with Crippen LogP contribution in [0.5, 0.6) is 0 Å². The van der Waals surface area contributed by atoms with Crippen LogP contribution in [0.3, 0.4) is 0 Å². The van der Waals surface area contributed by atoms with Crippen molar-refractivity contribution in [3.05, 3.63) is 42.4 Å². The molecule has 3 nitrogen and oxygen atoms in total. The first-order chi connectivity index (χ1) is 7.81. The molecule has 0 fully saturated rings. The minimum atomic E-state index is -0.277. The maximum absolute atomic E-state index is 5.50. The summed E-state index contributed by atoms with van der Waals surface area (Å²) in [6.07, 6.45) is 1.43. The van der Waals surface area contributed by atoms with Gasteiger partial charge in [-0.05, 0) is 13.8 Å². The molecule has 0 aliphatic rings. The van der Waals surface area contributed by atoms with Gasteiger partial charge in [0.1, 0.15) is 0 Å². The Hall–Kier alpha value is -0.216. The SMILES string of the molecule is [CH2-]N=Cc1ccc(C(OCC)OCC)cc1.[Y]. The molecule has 91 valence electrons. The van der Waals surface area contributed by atoms with Gasteiger partial charge >= 0.3 is 0 Å². The van der Waals surface area contributed by atoms with Gasteiger partial charge in [-0.3, -0.25) is 0 Å². The second kappa shape index (κ2) is 9.78. The van der Waals surface area contributed by atoms with E-state index in [9.17, 15) is 0 Å². The average Bonchev–Trinajstić information content (AvgIpc) is 2.30. The molecular weight excluding hydrogens is 291 g/mol. The molecule has 0 amide bonds. The second-order valence-corrected chi connectivity index (χ2v) is 3.22. The molecule has 0 spiro atoms. The summed E-state index contributed by atoms with van der Waals surface area (Å²) >= 11 is 0. The van der Waals surface area contributed by atoms with E-state index in [4.69, 9.17) is 9.47 Å². The largest absolute Gasteiger partial charge is 0.456 e. The van der Waals surface area contributed by atoms with Gasteiger partial charge in [-0.1, -0.05) is 29.8 Å². The molecule has 0 heterocycles. The van der Waals surface area contributed by atoms with Crippen LogP contribution in [-0.4, -0.2) is 19.4 Å². The number of aliphatic imine (C=N–C) groups is 1. The summed E-state index contributed by atoms with van der Waals surface area (Å²) in [5.41, 5.74) is 2.04. The molecule has 1 aromatic carbocycles. The van der Waals surface area contributed by atoms with Crippen LogP contribution in [0.1, 0.15) is 31.3 Å². The Morgan fingerprint density at radius 2 is 1.71 bits per heavy atom. The van der Waals surface area contributed by atoms with Crippen LogP contribution >= 0.6 is 0 Å². The Labute approximate surface area is 128 Å². The van der Waals surface area contributed by atoms with Gasteiger partial charge < -0.3 is 14.5 Å². The quantitative estimate of drug-likeness (QED) is 0.459. The van der Waals surface area contributed by atoms with Gasteiger partial charge in [-0.2, -0.15) is 7.05 Å².